The van der Waals surface area contributed by atoms with Gasteiger partial charge in [0.05, 0.1) is 5.56 Å². The number of primary sulfonamides is 1. The van der Waals surface area contributed by atoms with E-state index in [1.54, 1.807) is 0 Å². The van der Waals surface area contributed by atoms with Crippen LogP contribution in [0.5, 0.6) is 0 Å². The maximum atomic E-state index is 12.4. The van der Waals surface area contributed by atoms with Crippen LogP contribution in [0, 0.1) is 0 Å². The Hall–Kier alpha value is -2.72. The summed E-state index contributed by atoms with van der Waals surface area (Å²) in [5.41, 5.74) is 3.37. The molecular weight excluding hydrogens is 432 g/mol. The number of nitrogens with one attached hydrogen (secondary N) is 1. The lowest BCUT2D eigenvalue weighted by Gasteiger charge is -2.36. The monoisotopic (exact) mass is 456 g/mol. The molecule has 1 aliphatic rings. The normalized spacial score (nSPS) is 15.1. The van der Waals surface area contributed by atoms with Gasteiger partial charge < -0.3 is 10.2 Å². The van der Waals surface area contributed by atoms with Crippen molar-refractivity contribution in [3.05, 3.63) is 77.2 Å². The van der Waals surface area contributed by atoms with Crippen molar-refractivity contribution in [2.24, 2.45) is 5.14 Å². The molecule has 2 heterocycles. The van der Waals surface area contributed by atoms with Crippen molar-refractivity contribution >= 4 is 38.6 Å². The minimum Gasteiger partial charge on any atom is -0.369 e. The van der Waals surface area contributed by atoms with Gasteiger partial charge in [-0.05, 0) is 35.9 Å². The molecule has 1 saturated heterocycles. The number of sulfonamides is 1. The Labute approximate surface area is 186 Å². The molecule has 7 nitrogen and oxygen atoms in total. The summed E-state index contributed by atoms with van der Waals surface area (Å²) in [4.78, 5) is 17.2. The molecule has 162 valence electrons. The summed E-state index contributed by atoms with van der Waals surface area (Å²) >= 11 is 0.933. The smallest absolute Gasteiger partial charge is 0.256 e. The quantitative estimate of drug-likeness (QED) is 0.595. The molecule has 0 saturated carbocycles. The van der Waals surface area contributed by atoms with Gasteiger partial charge in [0.1, 0.15) is 4.21 Å². The van der Waals surface area contributed by atoms with Crippen molar-refractivity contribution in [2.75, 3.05) is 36.4 Å². The number of anilines is 2. The molecule has 1 amide bonds. The lowest BCUT2D eigenvalue weighted by Crippen LogP contribution is -2.45. The number of hydrogen-bond donors (Lipinski definition) is 2. The lowest BCUT2D eigenvalue weighted by molar-refractivity contribution is 0.102. The molecule has 3 aromatic rings. The molecule has 4 rings (SSSR count). The number of piperazine rings is 1. The summed E-state index contributed by atoms with van der Waals surface area (Å²) in [6, 6.07) is 19.5. The number of carbonyl (C=O) groups excluding carboxylic acids is 1. The molecule has 1 aromatic heterocycles. The molecule has 3 N–H and O–H groups in total. The second kappa shape index (κ2) is 9.19. The first-order valence-corrected chi connectivity index (χ1v) is 12.3. The van der Waals surface area contributed by atoms with E-state index >= 15 is 0 Å². The molecule has 0 unspecified atom stereocenters. The van der Waals surface area contributed by atoms with Crippen LogP contribution >= 0.6 is 11.3 Å². The topological polar surface area (TPSA) is 95.7 Å². The maximum absolute atomic E-state index is 12.4. The molecule has 2 aromatic carbocycles. The van der Waals surface area contributed by atoms with E-state index in [-0.39, 0.29) is 15.7 Å². The number of nitrogens with zero attached hydrogens (tertiary/aromatic N) is 2. The predicted molar refractivity (Wildman–Crippen MR) is 124 cm³/mol. The molecule has 31 heavy (non-hydrogen) atoms. The van der Waals surface area contributed by atoms with Crippen LogP contribution in [0.15, 0.2) is 70.3 Å². The SMILES string of the molecule is NS(=O)(=O)c1cc(C(=O)Nc2ccc(N3CCN(Cc4ccccc4)CC3)cc2)cs1. The summed E-state index contributed by atoms with van der Waals surface area (Å²) in [6.07, 6.45) is 0. The minimum atomic E-state index is -3.80. The average molecular weight is 457 g/mol. The molecule has 0 spiro atoms. The second-order valence-corrected chi connectivity index (χ2v) is 10.1. The Bertz CT molecular complexity index is 1140. The predicted octanol–water partition coefficient (Wildman–Crippen LogP) is 2.97. The van der Waals surface area contributed by atoms with Crippen LogP contribution in [-0.2, 0) is 16.6 Å². The van der Waals surface area contributed by atoms with Crippen LogP contribution in [0.25, 0.3) is 0 Å². The highest BCUT2D eigenvalue weighted by atomic mass is 32.2. The number of amides is 1. The molecule has 0 aliphatic carbocycles. The van der Waals surface area contributed by atoms with E-state index in [9.17, 15) is 13.2 Å². The van der Waals surface area contributed by atoms with Gasteiger partial charge >= 0.3 is 0 Å². The van der Waals surface area contributed by atoms with Gasteiger partial charge in [0, 0.05) is 49.5 Å². The van der Waals surface area contributed by atoms with Crippen LogP contribution < -0.4 is 15.4 Å². The fourth-order valence-corrected chi connectivity index (χ4v) is 5.13. The maximum Gasteiger partial charge on any atom is 0.256 e. The van der Waals surface area contributed by atoms with E-state index in [1.807, 2.05) is 30.3 Å². The first-order chi connectivity index (χ1) is 14.9. The van der Waals surface area contributed by atoms with Crippen LogP contribution in [0.1, 0.15) is 15.9 Å². The van der Waals surface area contributed by atoms with Gasteiger partial charge in [-0.15, -0.1) is 11.3 Å². The summed E-state index contributed by atoms with van der Waals surface area (Å²) < 4.78 is 22.7. The number of thiophene rings is 1. The average Bonchev–Trinajstić information content (AvgIpc) is 3.27. The highest BCUT2D eigenvalue weighted by Crippen LogP contribution is 2.22. The third kappa shape index (κ3) is 5.50. The van der Waals surface area contributed by atoms with E-state index in [0.717, 1.165) is 49.7 Å². The van der Waals surface area contributed by atoms with Gasteiger partial charge in [-0.1, -0.05) is 30.3 Å². The minimum absolute atomic E-state index is 0.0283. The van der Waals surface area contributed by atoms with Gasteiger partial charge in [-0.25, -0.2) is 13.6 Å². The molecular formula is C22H24N4O3S2. The highest BCUT2D eigenvalue weighted by molar-refractivity contribution is 7.91. The largest absolute Gasteiger partial charge is 0.369 e. The Morgan fingerprint density at radius 3 is 2.29 bits per heavy atom. The summed E-state index contributed by atoms with van der Waals surface area (Å²) in [5, 5.41) is 9.38. The molecule has 0 atom stereocenters. The highest BCUT2D eigenvalue weighted by Gasteiger charge is 2.18. The molecule has 1 aliphatic heterocycles. The van der Waals surface area contributed by atoms with Crippen molar-refractivity contribution in [2.45, 2.75) is 10.8 Å². The van der Waals surface area contributed by atoms with Crippen molar-refractivity contribution < 1.29 is 13.2 Å². The fourth-order valence-electron chi connectivity index (χ4n) is 3.55. The number of benzene rings is 2. The van der Waals surface area contributed by atoms with Crippen LogP contribution in [0.2, 0.25) is 0 Å². The van der Waals surface area contributed by atoms with Gasteiger partial charge in [-0.3, -0.25) is 9.69 Å². The number of nitrogens with two attached hydrogens (primary N) is 1. The van der Waals surface area contributed by atoms with Gasteiger partial charge in [-0.2, -0.15) is 0 Å². The Morgan fingerprint density at radius 1 is 1.00 bits per heavy atom. The Morgan fingerprint density at radius 2 is 1.68 bits per heavy atom. The van der Waals surface area contributed by atoms with Crippen molar-refractivity contribution in [1.29, 1.82) is 0 Å². The zero-order chi connectivity index (χ0) is 21.8. The van der Waals surface area contributed by atoms with Crippen molar-refractivity contribution in [3.63, 3.8) is 0 Å². The molecule has 0 bridgehead atoms. The van der Waals surface area contributed by atoms with E-state index in [1.165, 1.54) is 17.0 Å². The first-order valence-electron chi connectivity index (χ1n) is 9.92. The third-order valence-corrected chi connectivity index (χ3v) is 7.62. The van der Waals surface area contributed by atoms with Crippen LogP contribution in [0.4, 0.5) is 11.4 Å². The Kier molecular flexibility index (Phi) is 6.38. The van der Waals surface area contributed by atoms with Crippen LogP contribution in [-0.4, -0.2) is 45.4 Å². The van der Waals surface area contributed by atoms with E-state index in [0.29, 0.717) is 5.69 Å². The zero-order valence-corrected chi connectivity index (χ0v) is 18.5. The summed E-state index contributed by atoms with van der Waals surface area (Å²) in [5.74, 6) is -0.367. The summed E-state index contributed by atoms with van der Waals surface area (Å²) in [6.45, 7) is 4.86. The Balaban J connectivity index is 1.31. The lowest BCUT2D eigenvalue weighted by atomic mass is 10.2. The van der Waals surface area contributed by atoms with E-state index in [4.69, 9.17) is 5.14 Å². The van der Waals surface area contributed by atoms with Gasteiger partial charge in [0.15, 0.2) is 0 Å². The molecule has 1 fully saturated rings. The van der Waals surface area contributed by atoms with Gasteiger partial charge in [0.2, 0.25) is 10.0 Å². The third-order valence-electron chi connectivity index (χ3n) is 5.23. The van der Waals surface area contributed by atoms with E-state index < -0.39 is 10.0 Å². The molecule has 9 heteroatoms. The first kappa shape index (κ1) is 21.5. The summed E-state index contributed by atoms with van der Waals surface area (Å²) in [7, 11) is -3.80. The number of rotatable bonds is 6. The number of hydrogen-bond acceptors (Lipinski definition) is 6. The molecule has 0 radical (unpaired) electrons. The van der Waals surface area contributed by atoms with Gasteiger partial charge in [0.25, 0.3) is 5.91 Å². The van der Waals surface area contributed by atoms with Crippen LogP contribution in [0.3, 0.4) is 0 Å². The van der Waals surface area contributed by atoms with Crippen molar-refractivity contribution in [3.8, 4) is 0 Å². The second-order valence-electron chi connectivity index (χ2n) is 7.45. The zero-order valence-electron chi connectivity index (χ0n) is 16.9. The standard InChI is InChI=1S/C22H24N4O3S2/c23-31(28,29)21-14-18(16-30-21)22(27)24-19-6-8-20(9-7-19)26-12-10-25(11-13-26)15-17-4-2-1-3-5-17/h1-9,14,16H,10-13,15H2,(H,24,27)(H2,23,28,29). The van der Waals surface area contributed by atoms with E-state index in [2.05, 4.69) is 39.4 Å². The fraction of sp³-hybridized carbons (Fsp3) is 0.227. The number of carbonyl (C=O) groups is 1. The van der Waals surface area contributed by atoms with Crippen molar-refractivity contribution in [1.82, 2.24) is 4.90 Å².